The third-order valence-electron chi connectivity index (χ3n) is 3.06. The maximum absolute atomic E-state index is 12.2. The van der Waals surface area contributed by atoms with Crippen LogP contribution in [0.25, 0.3) is 0 Å². The smallest absolute Gasteiger partial charge is 0.242 e. The zero-order valence-electron chi connectivity index (χ0n) is 10.4. The maximum Gasteiger partial charge on any atom is 0.242 e. The van der Waals surface area contributed by atoms with Crippen LogP contribution >= 0.6 is 11.6 Å². The Balaban J connectivity index is 2.07. The summed E-state index contributed by atoms with van der Waals surface area (Å²) in [6, 6.07) is 4.41. The van der Waals surface area contributed by atoms with Gasteiger partial charge in [0.2, 0.25) is 10.0 Å². The largest absolute Gasteiger partial charge is 0.399 e. The van der Waals surface area contributed by atoms with Crippen molar-refractivity contribution < 1.29 is 13.2 Å². The van der Waals surface area contributed by atoms with Crippen molar-refractivity contribution >= 4 is 27.3 Å². The number of anilines is 1. The molecule has 1 unspecified atom stereocenters. The summed E-state index contributed by atoms with van der Waals surface area (Å²) in [7, 11) is -3.63. The lowest BCUT2D eigenvalue weighted by Gasteiger charge is -2.22. The molecule has 5 nitrogen and oxygen atoms in total. The molecule has 19 heavy (non-hydrogen) atoms. The van der Waals surface area contributed by atoms with Gasteiger partial charge in [-0.1, -0.05) is 11.6 Å². The predicted molar refractivity (Wildman–Crippen MR) is 74.6 cm³/mol. The van der Waals surface area contributed by atoms with Crippen molar-refractivity contribution in [3.05, 3.63) is 23.2 Å². The van der Waals surface area contributed by atoms with Crippen LogP contribution < -0.4 is 10.5 Å². The van der Waals surface area contributed by atoms with Gasteiger partial charge in [0, 0.05) is 18.8 Å². The number of nitrogen functional groups attached to an aromatic ring is 1. The van der Waals surface area contributed by atoms with Crippen molar-refractivity contribution in [2.24, 2.45) is 5.92 Å². The molecule has 106 valence electrons. The molecule has 0 saturated carbocycles. The first kappa shape index (κ1) is 14.6. The average molecular weight is 305 g/mol. The van der Waals surface area contributed by atoms with E-state index in [2.05, 4.69) is 4.72 Å². The molecule has 1 atom stereocenters. The monoisotopic (exact) mass is 304 g/mol. The van der Waals surface area contributed by atoms with Gasteiger partial charge in [0.1, 0.15) is 4.90 Å². The fourth-order valence-corrected chi connectivity index (χ4v) is 3.65. The summed E-state index contributed by atoms with van der Waals surface area (Å²) in [6.07, 6.45) is 1.93. The van der Waals surface area contributed by atoms with Crippen LogP contribution in [0.3, 0.4) is 0 Å². The standard InChI is InChI=1S/C12H17ClN2O3S/c13-11-4-3-10(14)6-12(11)19(16,17)15-7-9-2-1-5-18-8-9/h3-4,6,9,15H,1-2,5,7-8,14H2. The highest BCUT2D eigenvalue weighted by Gasteiger charge is 2.21. The van der Waals surface area contributed by atoms with E-state index in [1.165, 1.54) is 12.1 Å². The highest BCUT2D eigenvalue weighted by Crippen LogP contribution is 2.24. The van der Waals surface area contributed by atoms with Gasteiger partial charge >= 0.3 is 0 Å². The quantitative estimate of drug-likeness (QED) is 0.828. The van der Waals surface area contributed by atoms with Crippen molar-refractivity contribution in [2.75, 3.05) is 25.5 Å². The van der Waals surface area contributed by atoms with E-state index < -0.39 is 10.0 Å². The van der Waals surface area contributed by atoms with Crippen LogP contribution in [-0.4, -0.2) is 28.2 Å². The lowest BCUT2D eigenvalue weighted by atomic mass is 10.0. The molecule has 3 N–H and O–H groups in total. The lowest BCUT2D eigenvalue weighted by Crippen LogP contribution is -2.33. The van der Waals surface area contributed by atoms with Gasteiger partial charge in [0.15, 0.2) is 0 Å². The highest BCUT2D eigenvalue weighted by molar-refractivity contribution is 7.89. The molecule has 0 radical (unpaired) electrons. The second kappa shape index (κ2) is 6.09. The van der Waals surface area contributed by atoms with Crippen LogP contribution in [0.4, 0.5) is 5.69 Å². The Morgan fingerprint density at radius 2 is 2.26 bits per heavy atom. The van der Waals surface area contributed by atoms with Gasteiger partial charge in [-0.3, -0.25) is 0 Å². The Labute approximate surface area is 118 Å². The SMILES string of the molecule is Nc1ccc(Cl)c(S(=O)(=O)NCC2CCCOC2)c1. The number of benzene rings is 1. The van der Waals surface area contributed by atoms with E-state index in [4.69, 9.17) is 22.1 Å². The summed E-state index contributed by atoms with van der Waals surface area (Å²) < 4.78 is 32.2. The van der Waals surface area contributed by atoms with Crippen molar-refractivity contribution in [3.8, 4) is 0 Å². The first-order valence-electron chi connectivity index (χ1n) is 6.11. The van der Waals surface area contributed by atoms with Gasteiger partial charge in [-0.25, -0.2) is 13.1 Å². The first-order chi connectivity index (χ1) is 8.99. The Hall–Kier alpha value is -0.820. The number of hydrogen-bond donors (Lipinski definition) is 2. The summed E-state index contributed by atoms with van der Waals surface area (Å²) in [6.45, 7) is 1.70. The van der Waals surface area contributed by atoms with E-state index in [1.807, 2.05) is 0 Å². The van der Waals surface area contributed by atoms with Gasteiger partial charge in [-0.2, -0.15) is 0 Å². The molecular weight excluding hydrogens is 288 g/mol. The van der Waals surface area contributed by atoms with Crippen LogP contribution in [0.5, 0.6) is 0 Å². The minimum atomic E-state index is -3.63. The van der Waals surface area contributed by atoms with Gasteiger partial charge in [-0.05, 0) is 37.0 Å². The Bertz CT molecular complexity index is 542. The van der Waals surface area contributed by atoms with Crippen LogP contribution in [-0.2, 0) is 14.8 Å². The van der Waals surface area contributed by atoms with E-state index in [9.17, 15) is 8.42 Å². The average Bonchev–Trinajstić information content (AvgIpc) is 2.40. The van der Waals surface area contributed by atoms with E-state index >= 15 is 0 Å². The van der Waals surface area contributed by atoms with Crippen LogP contribution in [0, 0.1) is 5.92 Å². The van der Waals surface area contributed by atoms with Crippen molar-refractivity contribution in [2.45, 2.75) is 17.7 Å². The molecule has 0 aliphatic carbocycles. The molecule has 1 aromatic carbocycles. The summed E-state index contributed by atoms with van der Waals surface area (Å²) in [5.74, 6) is 0.211. The molecule has 1 aliphatic heterocycles. The van der Waals surface area contributed by atoms with Gasteiger partial charge < -0.3 is 10.5 Å². The molecular formula is C12H17ClN2O3S. The summed E-state index contributed by atoms with van der Waals surface area (Å²) >= 11 is 5.90. The molecule has 0 amide bonds. The normalized spacial score (nSPS) is 20.4. The molecule has 1 aliphatic rings. The van der Waals surface area contributed by atoms with Crippen molar-refractivity contribution in [1.82, 2.24) is 4.72 Å². The zero-order chi connectivity index (χ0) is 13.9. The number of ether oxygens (including phenoxy) is 1. The summed E-state index contributed by atoms with van der Waals surface area (Å²) in [4.78, 5) is 0.0193. The molecule has 0 spiro atoms. The van der Waals surface area contributed by atoms with E-state index in [0.717, 1.165) is 19.4 Å². The number of rotatable bonds is 4. The fourth-order valence-electron chi connectivity index (χ4n) is 2.00. The number of sulfonamides is 1. The Morgan fingerprint density at radius 1 is 1.47 bits per heavy atom. The third kappa shape index (κ3) is 3.82. The summed E-state index contributed by atoms with van der Waals surface area (Å²) in [5, 5.41) is 0.168. The second-order valence-electron chi connectivity index (χ2n) is 4.62. The topological polar surface area (TPSA) is 81.4 Å². The molecule has 0 aromatic heterocycles. The van der Waals surface area contributed by atoms with Crippen LogP contribution in [0.2, 0.25) is 5.02 Å². The summed E-state index contributed by atoms with van der Waals surface area (Å²) in [5.41, 5.74) is 5.96. The molecule has 2 rings (SSSR count). The molecule has 1 fully saturated rings. The second-order valence-corrected chi connectivity index (χ2v) is 6.77. The number of nitrogens with one attached hydrogen (secondary N) is 1. The number of halogens is 1. The van der Waals surface area contributed by atoms with Crippen molar-refractivity contribution in [1.29, 1.82) is 0 Å². The minimum Gasteiger partial charge on any atom is -0.399 e. The van der Waals surface area contributed by atoms with Crippen LogP contribution in [0.15, 0.2) is 23.1 Å². The highest BCUT2D eigenvalue weighted by atomic mass is 35.5. The Kier molecular flexibility index (Phi) is 4.67. The van der Waals surface area contributed by atoms with E-state index in [1.54, 1.807) is 6.07 Å². The van der Waals surface area contributed by atoms with Crippen LogP contribution in [0.1, 0.15) is 12.8 Å². The number of hydrogen-bond acceptors (Lipinski definition) is 4. The zero-order valence-corrected chi connectivity index (χ0v) is 12.0. The van der Waals surface area contributed by atoms with Gasteiger partial charge in [-0.15, -0.1) is 0 Å². The van der Waals surface area contributed by atoms with E-state index in [-0.39, 0.29) is 15.8 Å². The predicted octanol–water partition coefficient (Wildman–Crippen LogP) is 1.63. The number of nitrogens with two attached hydrogens (primary N) is 1. The van der Waals surface area contributed by atoms with Gasteiger partial charge in [0.05, 0.1) is 11.6 Å². The first-order valence-corrected chi connectivity index (χ1v) is 7.97. The minimum absolute atomic E-state index is 0.0193. The molecule has 7 heteroatoms. The molecule has 1 aromatic rings. The van der Waals surface area contributed by atoms with E-state index in [0.29, 0.717) is 18.8 Å². The fraction of sp³-hybridized carbons (Fsp3) is 0.500. The molecule has 1 heterocycles. The van der Waals surface area contributed by atoms with Crippen molar-refractivity contribution in [3.63, 3.8) is 0 Å². The lowest BCUT2D eigenvalue weighted by molar-refractivity contribution is 0.0568. The maximum atomic E-state index is 12.2. The molecule has 1 saturated heterocycles. The van der Waals surface area contributed by atoms with Gasteiger partial charge in [0.25, 0.3) is 0 Å². The third-order valence-corrected chi connectivity index (χ3v) is 4.97. The molecule has 0 bridgehead atoms. The Morgan fingerprint density at radius 3 is 2.95 bits per heavy atom.